The first-order valence-electron chi connectivity index (χ1n) is 4.59. The van der Waals surface area contributed by atoms with Gasteiger partial charge in [-0.25, -0.2) is 0 Å². The predicted octanol–water partition coefficient (Wildman–Crippen LogP) is 2.80. The van der Waals surface area contributed by atoms with E-state index in [1.54, 1.807) is 12.4 Å². The molecule has 0 aliphatic carbocycles. The minimum Gasteiger partial charge on any atom is -0.253 e. The zero-order valence-corrected chi connectivity index (χ0v) is 8.70. The first-order valence-corrected chi connectivity index (χ1v) is 5.03. The third-order valence-corrected chi connectivity index (χ3v) is 2.21. The molecule has 3 heteroatoms. The first-order chi connectivity index (χ1) is 6.75. The molecule has 0 N–H and O–H groups in total. The Hall–Kier alpha value is -1.15. The van der Waals surface area contributed by atoms with Crippen molar-refractivity contribution >= 4 is 22.6 Å². The maximum Gasteiger partial charge on any atom is 0.0889 e. The number of hydrogen-bond donors (Lipinski definition) is 0. The maximum absolute atomic E-state index is 5.93. The van der Waals surface area contributed by atoms with E-state index >= 15 is 0 Å². The second kappa shape index (κ2) is 3.93. The standard InChI is InChI=1S/C11H11ClN2/c1-8(12)6-9-2-3-10-11(7-9)14-5-4-13-10/h2-5,7-8H,6H2,1H3. The first kappa shape index (κ1) is 9.41. The molecular weight excluding hydrogens is 196 g/mol. The van der Waals surface area contributed by atoms with E-state index in [2.05, 4.69) is 16.0 Å². The Morgan fingerprint density at radius 2 is 1.93 bits per heavy atom. The molecule has 72 valence electrons. The molecule has 0 radical (unpaired) electrons. The van der Waals surface area contributed by atoms with Crippen LogP contribution >= 0.6 is 11.6 Å². The van der Waals surface area contributed by atoms with Gasteiger partial charge in [-0.15, -0.1) is 11.6 Å². The Balaban J connectivity index is 2.41. The highest BCUT2D eigenvalue weighted by Crippen LogP contribution is 2.13. The van der Waals surface area contributed by atoms with Crippen LogP contribution in [0.3, 0.4) is 0 Å². The Morgan fingerprint density at radius 3 is 2.64 bits per heavy atom. The topological polar surface area (TPSA) is 25.8 Å². The number of nitrogens with zero attached hydrogens (tertiary/aromatic N) is 2. The van der Waals surface area contributed by atoms with Crippen LogP contribution in [-0.2, 0) is 6.42 Å². The molecule has 2 rings (SSSR count). The average Bonchev–Trinajstić information content (AvgIpc) is 2.17. The predicted molar refractivity (Wildman–Crippen MR) is 58.6 cm³/mol. The van der Waals surface area contributed by atoms with Crippen molar-refractivity contribution in [2.75, 3.05) is 0 Å². The van der Waals surface area contributed by atoms with Crippen LogP contribution in [0.2, 0.25) is 0 Å². The average molecular weight is 207 g/mol. The van der Waals surface area contributed by atoms with Crippen molar-refractivity contribution in [2.24, 2.45) is 0 Å². The van der Waals surface area contributed by atoms with Crippen LogP contribution in [0.1, 0.15) is 12.5 Å². The van der Waals surface area contributed by atoms with Crippen LogP contribution in [0.5, 0.6) is 0 Å². The molecule has 0 amide bonds. The summed E-state index contributed by atoms with van der Waals surface area (Å²) in [7, 11) is 0. The molecular formula is C11H11ClN2. The van der Waals surface area contributed by atoms with Crippen LogP contribution in [0.15, 0.2) is 30.6 Å². The number of fused-ring (bicyclic) bond motifs is 1. The summed E-state index contributed by atoms with van der Waals surface area (Å²) < 4.78 is 0. The smallest absolute Gasteiger partial charge is 0.0889 e. The lowest BCUT2D eigenvalue weighted by atomic mass is 10.1. The highest BCUT2D eigenvalue weighted by Gasteiger charge is 2.01. The van der Waals surface area contributed by atoms with E-state index in [9.17, 15) is 0 Å². The number of alkyl halides is 1. The molecule has 1 atom stereocenters. The van der Waals surface area contributed by atoms with Gasteiger partial charge in [-0.3, -0.25) is 9.97 Å². The second-order valence-electron chi connectivity index (χ2n) is 3.36. The van der Waals surface area contributed by atoms with E-state index in [1.165, 1.54) is 5.56 Å². The molecule has 0 aliphatic heterocycles. The zero-order valence-electron chi connectivity index (χ0n) is 7.94. The SMILES string of the molecule is CC(Cl)Cc1ccc2nccnc2c1. The van der Waals surface area contributed by atoms with Gasteiger partial charge in [-0.2, -0.15) is 0 Å². The lowest BCUT2D eigenvalue weighted by Crippen LogP contribution is -1.97. The summed E-state index contributed by atoms with van der Waals surface area (Å²) in [6.07, 6.45) is 4.27. The van der Waals surface area contributed by atoms with E-state index in [1.807, 2.05) is 19.1 Å². The molecule has 1 heterocycles. The molecule has 1 unspecified atom stereocenters. The molecule has 0 aliphatic rings. The number of hydrogen-bond acceptors (Lipinski definition) is 2. The van der Waals surface area contributed by atoms with E-state index in [0.717, 1.165) is 17.5 Å². The van der Waals surface area contributed by atoms with Crippen LogP contribution in [-0.4, -0.2) is 15.3 Å². The molecule has 0 saturated carbocycles. The van der Waals surface area contributed by atoms with Crippen LogP contribution < -0.4 is 0 Å². The van der Waals surface area contributed by atoms with Gasteiger partial charge >= 0.3 is 0 Å². The van der Waals surface area contributed by atoms with Crippen LogP contribution in [0, 0.1) is 0 Å². The Kier molecular flexibility index (Phi) is 2.64. The van der Waals surface area contributed by atoms with Gasteiger partial charge in [-0.05, 0) is 31.0 Å². The van der Waals surface area contributed by atoms with Gasteiger partial charge in [-0.1, -0.05) is 6.07 Å². The van der Waals surface area contributed by atoms with Gasteiger partial charge in [0.05, 0.1) is 11.0 Å². The Bertz CT molecular complexity index is 440. The van der Waals surface area contributed by atoms with Crippen molar-refractivity contribution in [3.05, 3.63) is 36.2 Å². The quantitative estimate of drug-likeness (QED) is 0.707. The third-order valence-electron chi connectivity index (χ3n) is 2.05. The maximum atomic E-state index is 5.93. The Morgan fingerprint density at radius 1 is 1.21 bits per heavy atom. The van der Waals surface area contributed by atoms with E-state index in [0.29, 0.717) is 0 Å². The lowest BCUT2D eigenvalue weighted by Gasteiger charge is -2.03. The fraction of sp³-hybridized carbons (Fsp3) is 0.273. The molecule has 1 aromatic heterocycles. The summed E-state index contributed by atoms with van der Waals surface area (Å²) in [6.45, 7) is 1.99. The Labute approximate surface area is 88.0 Å². The summed E-state index contributed by atoms with van der Waals surface area (Å²) in [5.41, 5.74) is 3.07. The minimum absolute atomic E-state index is 0.157. The molecule has 0 bridgehead atoms. The second-order valence-corrected chi connectivity index (χ2v) is 4.11. The van der Waals surface area contributed by atoms with Gasteiger partial charge in [0.15, 0.2) is 0 Å². The van der Waals surface area contributed by atoms with Crippen LogP contribution in [0.4, 0.5) is 0 Å². The summed E-state index contributed by atoms with van der Waals surface area (Å²) >= 11 is 5.93. The fourth-order valence-corrected chi connectivity index (χ4v) is 1.64. The van der Waals surface area contributed by atoms with Gasteiger partial charge in [0.1, 0.15) is 0 Å². The highest BCUT2D eigenvalue weighted by molar-refractivity contribution is 6.20. The van der Waals surface area contributed by atoms with E-state index in [-0.39, 0.29) is 5.38 Å². The fourth-order valence-electron chi connectivity index (χ4n) is 1.46. The third kappa shape index (κ3) is 2.02. The number of benzene rings is 1. The van der Waals surface area contributed by atoms with Crippen molar-refractivity contribution < 1.29 is 0 Å². The minimum atomic E-state index is 0.157. The van der Waals surface area contributed by atoms with E-state index < -0.39 is 0 Å². The number of halogens is 1. The summed E-state index contributed by atoms with van der Waals surface area (Å²) in [5.74, 6) is 0. The molecule has 2 aromatic rings. The largest absolute Gasteiger partial charge is 0.253 e. The van der Waals surface area contributed by atoms with E-state index in [4.69, 9.17) is 11.6 Å². The summed E-state index contributed by atoms with van der Waals surface area (Å²) in [4.78, 5) is 8.45. The zero-order chi connectivity index (χ0) is 9.97. The molecule has 0 fully saturated rings. The van der Waals surface area contributed by atoms with Crippen LogP contribution in [0.25, 0.3) is 11.0 Å². The lowest BCUT2D eigenvalue weighted by molar-refractivity contribution is 0.932. The normalized spacial score (nSPS) is 13.0. The summed E-state index contributed by atoms with van der Waals surface area (Å²) in [5, 5.41) is 0.157. The molecule has 14 heavy (non-hydrogen) atoms. The number of aromatic nitrogens is 2. The highest BCUT2D eigenvalue weighted by atomic mass is 35.5. The summed E-state index contributed by atoms with van der Waals surface area (Å²) in [6, 6.07) is 6.08. The van der Waals surface area contributed by atoms with Gasteiger partial charge in [0, 0.05) is 17.8 Å². The van der Waals surface area contributed by atoms with Crippen molar-refractivity contribution in [3.63, 3.8) is 0 Å². The van der Waals surface area contributed by atoms with Gasteiger partial charge < -0.3 is 0 Å². The molecule has 0 saturated heterocycles. The van der Waals surface area contributed by atoms with Gasteiger partial charge in [0.25, 0.3) is 0 Å². The van der Waals surface area contributed by atoms with Crippen molar-refractivity contribution in [1.82, 2.24) is 9.97 Å². The number of rotatable bonds is 2. The monoisotopic (exact) mass is 206 g/mol. The van der Waals surface area contributed by atoms with Crippen molar-refractivity contribution in [1.29, 1.82) is 0 Å². The van der Waals surface area contributed by atoms with Crippen molar-refractivity contribution in [3.8, 4) is 0 Å². The molecule has 0 spiro atoms. The van der Waals surface area contributed by atoms with Gasteiger partial charge in [0.2, 0.25) is 0 Å². The molecule has 2 nitrogen and oxygen atoms in total. The van der Waals surface area contributed by atoms with Crippen molar-refractivity contribution in [2.45, 2.75) is 18.7 Å². The molecule has 1 aromatic carbocycles.